The molecule has 3 heteroatoms. The van der Waals surface area contributed by atoms with E-state index in [1.165, 1.54) is 12.1 Å². The van der Waals surface area contributed by atoms with E-state index >= 15 is 0 Å². The fourth-order valence-corrected chi connectivity index (χ4v) is 1.70. The van der Waals surface area contributed by atoms with Crippen molar-refractivity contribution in [1.82, 2.24) is 0 Å². The van der Waals surface area contributed by atoms with Crippen LogP contribution in [0.25, 0.3) is 0 Å². The summed E-state index contributed by atoms with van der Waals surface area (Å²) in [6.07, 6.45) is 1.75. The van der Waals surface area contributed by atoms with Crippen molar-refractivity contribution in [2.75, 3.05) is 18.0 Å². The quantitative estimate of drug-likeness (QED) is 0.639. The molecule has 1 aromatic rings. The van der Waals surface area contributed by atoms with Gasteiger partial charge in [0.25, 0.3) is 0 Å². The van der Waals surface area contributed by atoms with Crippen LogP contribution in [0.2, 0.25) is 0 Å². The number of aldehydes is 1. The first-order chi connectivity index (χ1) is 6.31. The van der Waals surface area contributed by atoms with E-state index in [0.717, 1.165) is 30.5 Å². The number of benzene rings is 1. The molecule has 0 aromatic heterocycles. The van der Waals surface area contributed by atoms with Gasteiger partial charge in [-0.05, 0) is 24.1 Å². The third-order valence-corrected chi connectivity index (χ3v) is 2.33. The average molecular weight is 179 g/mol. The Labute approximate surface area is 76.0 Å². The number of hydrogen-bond donors (Lipinski definition) is 0. The van der Waals surface area contributed by atoms with E-state index in [9.17, 15) is 9.18 Å². The molecule has 0 radical (unpaired) electrons. The molecule has 0 fully saturated rings. The molecule has 1 heterocycles. The van der Waals surface area contributed by atoms with Gasteiger partial charge in [-0.1, -0.05) is 6.07 Å². The molecule has 2 rings (SSSR count). The number of nitrogens with zero attached hydrogens (tertiary/aromatic N) is 1. The molecule has 2 nitrogen and oxygen atoms in total. The van der Waals surface area contributed by atoms with E-state index < -0.39 is 0 Å². The molecule has 0 spiro atoms. The molecule has 1 aromatic carbocycles. The van der Waals surface area contributed by atoms with Gasteiger partial charge < -0.3 is 9.69 Å². The van der Waals surface area contributed by atoms with Gasteiger partial charge >= 0.3 is 0 Å². The third kappa shape index (κ3) is 1.41. The largest absolute Gasteiger partial charge is 0.364 e. The predicted molar refractivity (Wildman–Crippen MR) is 48.4 cm³/mol. The molecule has 0 amide bonds. The minimum atomic E-state index is -0.239. The molecule has 68 valence electrons. The Morgan fingerprint density at radius 1 is 1.54 bits per heavy atom. The summed E-state index contributed by atoms with van der Waals surface area (Å²) in [4.78, 5) is 12.2. The molecule has 0 atom stereocenters. The maximum Gasteiger partial charge on any atom is 0.139 e. The highest BCUT2D eigenvalue weighted by molar-refractivity contribution is 5.66. The molecule has 1 aliphatic heterocycles. The minimum Gasteiger partial charge on any atom is -0.364 e. The van der Waals surface area contributed by atoms with Gasteiger partial charge in [-0.15, -0.1) is 0 Å². The lowest BCUT2D eigenvalue weighted by atomic mass is 10.2. The van der Waals surface area contributed by atoms with Crippen LogP contribution in [0.3, 0.4) is 0 Å². The van der Waals surface area contributed by atoms with Crippen molar-refractivity contribution < 1.29 is 9.18 Å². The Balaban J connectivity index is 2.34. The van der Waals surface area contributed by atoms with E-state index in [4.69, 9.17) is 0 Å². The molecule has 1 aliphatic rings. The van der Waals surface area contributed by atoms with Crippen LogP contribution >= 0.6 is 0 Å². The van der Waals surface area contributed by atoms with Gasteiger partial charge in [-0.2, -0.15) is 0 Å². The van der Waals surface area contributed by atoms with Gasteiger partial charge in [0.2, 0.25) is 0 Å². The summed E-state index contributed by atoms with van der Waals surface area (Å²) in [5.74, 6) is -0.239. The Kier molecular flexibility index (Phi) is 2.00. The molecule has 0 aliphatic carbocycles. The number of rotatable bonds is 2. The average Bonchev–Trinajstić information content (AvgIpc) is 2.49. The second-order valence-corrected chi connectivity index (χ2v) is 3.14. The maximum atomic E-state index is 12.9. The van der Waals surface area contributed by atoms with Gasteiger partial charge in [0.05, 0.1) is 6.54 Å². The van der Waals surface area contributed by atoms with E-state index in [0.29, 0.717) is 6.54 Å². The highest BCUT2D eigenvalue weighted by Crippen LogP contribution is 2.27. The molecule has 13 heavy (non-hydrogen) atoms. The van der Waals surface area contributed by atoms with Crippen LogP contribution in [0, 0.1) is 5.82 Å². The second kappa shape index (κ2) is 3.17. The number of carbonyl (C=O) groups excluding carboxylic acids is 1. The Morgan fingerprint density at radius 2 is 2.38 bits per heavy atom. The summed E-state index contributed by atoms with van der Waals surface area (Å²) < 4.78 is 12.9. The zero-order valence-electron chi connectivity index (χ0n) is 7.16. The molecule has 0 N–H and O–H groups in total. The summed E-state index contributed by atoms with van der Waals surface area (Å²) in [6.45, 7) is 1.17. The Morgan fingerprint density at radius 3 is 3.15 bits per heavy atom. The van der Waals surface area contributed by atoms with Crippen molar-refractivity contribution in [2.45, 2.75) is 6.42 Å². The number of halogens is 1. The SMILES string of the molecule is O=CCN1CCc2ccc(F)cc21. The molecule has 0 saturated carbocycles. The molecular weight excluding hydrogens is 169 g/mol. The number of carbonyl (C=O) groups is 1. The van der Waals surface area contributed by atoms with Crippen LogP contribution in [0.15, 0.2) is 18.2 Å². The molecular formula is C10H10FNO. The monoisotopic (exact) mass is 179 g/mol. The van der Waals surface area contributed by atoms with Crippen molar-refractivity contribution in [3.63, 3.8) is 0 Å². The fraction of sp³-hybridized carbons (Fsp3) is 0.300. The van der Waals surface area contributed by atoms with Crippen molar-refractivity contribution in [3.05, 3.63) is 29.6 Å². The summed E-state index contributed by atoms with van der Waals surface area (Å²) in [5, 5.41) is 0. The second-order valence-electron chi connectivity index (χ2n) is 3.14. The highest BCUT2D eigenvalue weighted by Gasteiger charge is 2.18. The van der Waals surface area contributed by atoms with E-state index in [2.05, 4.69) is 0 Å². The van der Waals surface area contributed by atoms with Crippen molar-refractivity contribution >= 4 is 12.0 Å². The smallest absolute Gasteiger partial charge is 0.139 e. The van der Waals surface area contributed by atoms with Crippen molar-refractivity contribution in [2.24, 2.45) is 0 Å². The van der Waals surface area contributed by atoms with E-state index in [-0.39, 0.29) is 5.82 Å². The van der Waals surface area contributed by atoms with Crippen LogP contribution in [0.5, 0.6) is 0 Å². The lowest BCUT2D eigenvalue weighted by Crippen LogP contribution is -2.22. The molecule has 0 bridgehead atoms. The highest BCUT2D eigenvalue weighted by atomic mass is 19.1. The van der Waals surface area contributed by atoms with Gasteiger partial charge in [0, 0.05) is 12.2 Å². The van der Waals surface area contributed by atoms with Gasteiger partial charge in [-0.25, -0.2) is 4.39 Å². The Hall–Kier alpha value is -1.38. The topological polar surface area (TPSA) is 20.3 Å². The van der Waals surface area contributed by atoms with Crippen LogP contribution in [-0.4, -0.2) is 19.4 Å². The van der Waals surface area contributed by atoms with Gasteiger partial charge in [0.1, 0.15) is 12.1 Å². The Bertz CT molecular complexity index is 338. The van der Waals surface area contributed by atoms with Gasteiger partial charge in [0.15, 0.2) is 0 Å². The zero-order chi connectivity index (χ0) is 9.26. The van der Waals surface area contributed by atoms with Gasteiger partial charge in [-0.3, -0.25) is 0 Å². The van der Waals surface area contributed by atoms with E-state index in [1.807, 2.05) is 4.90 Å². The minimum absolute atomic E-state index is 0.239. The lowest BCUT2D eigenvalue weighted by molar-refractivity contribution is -0.106. The predicted octanol–water partition coefficient (Wildman–Crippen LogP) is 1.39. The number of fused-ring (bicyclic) bond motifs is 1. The van der Waals surface area contributed by atoms with Crippen molar-refractivity contribution in [3.8, 4) is 0 Å². The third-order valence-electron chi connectivity index (χ3n) is 2.33. The maximum absolute atomic E-state index is 12.9. The summed E-state index contributed by atoms with van der Waals surface area (Å²) in [7, 11) is 0. The van der Waals surface area contributed by atoms with Crippen LogP contribution in [-0.2, 0) is 11.2 Å². The number of anilines is 1. The summed E-state index contributed by atoms with van der Waals surface area (Å²) in [5.41, 5.74) is 2.00. The fourth-order valence-electron chi connectivity index (χ4n) is 1.70. The first kappa shape index (κ1) is 8.23. The van der Waals surface area contributed by atoms with E-state index in [1.54, 1.807) is 6.07 Å². The van der Waals surface area contributed by atoms with Crippen LogP contribution in [0.1, 0.15) is 5.56 Å². The lowest BCUT2D eigenvalue weighted by Gasteiger charge is -2.15. The first-order valence-corrected chi connectivity index (χ1v) is 4.28. The molecule has 0 saturated heterocycles. The molecule has 0 unspecified atom stereocenters. The summed E-state index contributed by atoms with van der Waals surface area (Å²) in [6, 6.07) is 4.74. The first-order valence-electron chi connectivity index (χ1n) is 4.28. The van der Waals surface area contributed by atoms with Crippen LogP contribution < -0.4 is 4.90 Å². The number of hydrogen-bond acceptors (Lipinski definition) is 2. The zero-order valence-corrected chi connectivity index (χ0v) is 7.16. The van der Waals surface area contributed by atoms with Crippen LogP contribution in [0.4, 0.5) is 10.1 Å². The summed E-state index contributed by atoms with van der Waals surface area (Å²) >= 11 is 0. The normalized spacial score (nSPS) is 14.4. The van der Waals surface area contributed by atoms with Crippen molar-refractivity contribution in [1.29, 1.82) is 0 Å². The standard InChI is InChI=1S/C10H10FNO/c11-9-2-1-8-3-4-12(5-6-13)10(8)7-9/h1-2,6-7H,3-5H2.